The van der Waals surface area contributed by atoms with Gasteiger partial charge in [-0.2, -0.15) is 16.8 Å². The van der Waals surface area contributed by atoms with Gasteiger partial charge in [-0.1, -0.05) is 61.5 Å². The fourth-order valence-electron chi connectivity index (χ4n) is 7.78. The first kappa shape index (κ1) is 41.3. The number of nitrogens with two attached hydrogens (primary N) is 2. The molecule has 6 N–H and O–H groups in total. The third-order valence-electron chi connectivity index (χ3n) is 10.3. The summed E-state index contributed by atoms with van der Waals surface area (Å²) in [5, 5.41) is 0. The van der Waals surface area contributed by atoms with Crippen molar-refractivity contribution in [1.29, 1.82) is 0 Å². The molecule has 0 bridgehead atoms. The zero-order valence-electron chi connectivity index (χ0n) is 32.6. The van der Waals surface area contributed by atoms with E-state index in [-0.39, 0.29) is 17.9 Å². The van der Waals surface area contributed by atoms with Gasteiger partial charge >= 0.3 is 0 Å². The summed E-state index contributed by atoms with van der Waals surface area (Å²) >= 11 is 0. The monoisotopic (exact) mass is 784 g/mol. The SMILES string of the molecule is CCCN(c1ccc(C(c2ccc(N(CCCS(=O)(=O)O)c3c(C)cc(C)c(N)c3C)cc2)c2ccccc2S(=O)(=O)O)cc1)c1c(C)cc(C)c(N)c1C. The Morgan fingerprint density at radius 2 is 1.05 bits per heavy atom. The Kier molecular flexibility index (Phi) is 12.4. The molecule has 5 aromatic carbocycles. The lowest BCUT2D eigenvalue weighted by atomic mass is 9.85. The van der Waals surface area contributed by atoms with Crippen LogP contribution in [0.1, 0.15) is 75.8 Å². The number of aryl methyl sites for hydroxylation is 4. The van der Waals surface area contributed by atoms with E-state index >= 15 is 0 Å². The second kappa shape index (κ2) is 16.5. The van der Waals surface area contributed by atoms with Crippen molar-refractivity contribution in [3.63, 3.8) is 0 Å². The standard InChI is InChI=1S/C43H52N4O6S2/c1-8-22-46(42-29(4)25-27(2)40(44)31(42)6)35-18-14-33(15-19-35)39(37-12-9-10-13-38(37)55(51,52)53)34-16-20-36(21-17-34)47(23-11-24-54(48,49)50)43-30(5)26-28(3)41(45)32(43)7/h9-10,12-21,25-26,39H,8,11,22-24,44-45H2,1-7H3,(H,48,49,50)(H,51,52,53). The lowest BCUT2D eigenvalue weighted by Gasteiger charge is -2.31. The predicted molar refractivity (Wildman–Crippen MR) is 226 cm³/mol. The van der Waals surface area contributed by atoms with Gasteiger partial charge in [-0.05, 0) is 135 Å². The van der Waals surface area contributed by atoms with Crippen molar-refractivity contribution in [3.8, 4) is 0 Å². The van der Waals surface area contributed by atoms with Crippen LogP contribution in [0.2, 0.25) is 0 Å². The lowest BCUT2D eigenvalue weighted by Crippen LogP contribution is -2.23. The second-order valence-electron chi connectivity index (χ2n) is 14.4. The zero-order valence-corrected chi connectivity index (χ0v) is 34.2. The first-order valence-electron chi connectivity index (χ1n) is 18.3. The average molecular weight is 785 g/mol. The van der Waals surface area contributed by atoms with E-state index in [0.29, 0.717) is 11.3 Å². The highest BCUT2D eigenvalue weighted by Crippen LogP contribution is 2.41. The van der Waals surface area contributed by atoms with Crippen molar-refractivity contribution in [3.05, 3.63) is 135 Å². The van der Waals surface area contributed by atoms with Crippen LogP contribution >= 0.6 is 0 Å². The maximum atomic E-state index is 12.8. The third-order valence-corrected chi connectivity index (χ3v) is 12.1. The maximum absolute atomic E-state index is 12.8. The lowest BCUT2D eigenvalue weighted by molar-refractivity contribution is 0.479. The van der Waals surface area contributed by atoms with E-state index in [4.69, 9.17) is 11.5 Å². The predicted octanol–water partition coefficient (Wildman–Crippen LogP) is 9.09. The fraction of sp³-hybridized carbons (Fsp3) is 0.302. The summed E-state index contributed by atoms with van der Waals surface area (Å²) in [6, 6.07) is 26.2. The van der Waals surface area contributed by atoms with Gasteiger partial charge in [-0.3, -0.25) is 9.11 Å². The molecule has 0 aromatic heterocycles. The van der Waals surface area contributed by atoms with Gasteiger partial charge in [-0.25, -0.2) is 0 Å². The van der Waals surface area contributed by atoms with Crippen molar-refractivity contribution in [1.82, 2.24) is 0 Å². The minimum absolute atomic E-state index is 0.160. The Morgan fingerprint density at radius 3 is 1.47 bits per heavy atom. The zero-order chi connectivity index (χ0) is 40.4. The summed E-state index contributed by atoms with van der Waals surface area (Å²) in [6.45, 7) is 15.1. The van der Waals surface area contributed by atoms with Gasteiger partial charge in [0.2, 0.25) is 0 Å². The summed E-state index contributed by atoms with van der Waals surface area (Å²) in [5.41, 5.74) is 25.9. The van der Waals surface area contributed by atoms with E-state index in [2.05, 4.69) is 24.8 Å². The number of rotatable bonds is 14. The molecular formula is C43H52N4O6S2. The minimum Gasteiger partial charge on any atom is -0.398 e. The van der Waals surface area contributed by atoms with Gasteiger partial charge in [-0.15, -0.1) is 0 Å². The molecule has 0 heterocycles. The molecular weight excluding hydrogens is 733 g/mol. The van der Waals surface area contributed by atoms with Gasteiger partial charge in [0.1, 0.15) is 0 Å². The Hall–Kier alpha value is -4.88. The van der Waals surface area contributed by atoms with E-state index in [1.807, 2.05) is 94.1 Å². The number of hydrogen-bond acceptors (Lipinski definition) is 8. The van der Waals surface area contributed by atoms with Crippen molar-refractivity contribution in [2.45, 2.75) is 72.1 Å². The van der Waals surface area contributed by atoms with Crippen molar-refractivity contribution < 1.29 is 25.9 Å². The van der Waals surface area contributed by atoms with Crippen molar-refractivity contribution >= 4 is 54.4 Å². The quantitative estimate of drug-likeness (QED) is 0.0485. The number of nitrogens with zero attached hydrogens (tertiary/aromatic N) is 2. The molecule has 0 saturated carbocycles. The normalized spacial score (nSPS) is 12.5. The molecule has 0 amide bonds. The molecule has 55 heavy (non-hydrogen) atoms. The molecule has 1 unspecified atom stereocenters. The van der Waals surface area contributed by atoms with Crippen molar-refractivity contribution in [2.75, 3.05) is 40.1 Å². The highest BCUT2D eigenvalue weighted by Gasteiger charge is 2.26. The molecule has 5 aromatic rings. The van der Waals surface area contributed by atoms with Crippen LogP contribution in [0.15, 0.2) is 89.8 Å². The number of benzene rings is 5. The van der Waals surface area contributed by atoms with Crippen LogP contribution in [0.4, 0.5) is 34.1 Å². The van der Waals surface area contributed by atoms with Crippen LogP contribution in [-0.4, -0.2) is 44.8 Å². The van der Waals surface area contributed by atoms with Gasteiger partial charge in [0.25, 0.3) is 20.2 Å². The average Bonchev–Trinajstić information content (AvgIpc) is 3.12. The fourth-order valence-corrected chi connectivity index (χ4v) is 9.01. The number of anilines is 6. The van der Waals surface area contributed by atoms with E-state index in [1.54, 1.807) is 18.2 Å². The first-order chi connectivity index (χ1) is 25.8. The van der Waals surface area contributed by atoms with E-state index in [1.165, 1.54) is 6.07 Å². The van der Waals surface area contributed by atoms with Gasteiger partial charge < -0.3 is 21.3 Å². The largest absolute Gasteiger partial charge is 0.398 e. The smallest absolute Gasteiger partial charge is 0.294 e. The van der Waals surface area contributed by atoms with Gasteiger partial charge in [0.05, 0.1) is 10.6 Å². The maximum Gasteiger partial charge on any atom is 0.294 e. The van der Waals surface area contributed by atoms with Crippen LogP contribution in [0.5, 0.6) is 0 Å². The Balaban J connectivity index is 1.64. The highest BCUT2D eigenvalue weighted by molar-refractivity contribution is 7.86. The molecule has 0 fully saturated rings. The molecule has 5 rings (SSSR count). The Morgan fingerprint density at radius 1 is 0.618 bits per heavy atom. The summed E-state index contributed by atoms with van der Waals surface area (Å²) in [4.78, 5) is 4.07. The summed E-state index contributed by atoms with van der Waals surface area (Å²) in [6.07, 6.45) is 1.05. The van der Waals surface area contributed by atoms with E-state index in [9.17, 15) is 25.9 Å². The Bertz CT molecular complexity index is 2410. The van der Waals surface area contributed by atoms with E-state index < -0.39 is 31.9 Å². The summed E-state index contributed by atoms with van der Waals surface area (Å²) < 4.78 is 68.7. The highest BCUT2D eigenvalue weighted by atomic mass is 32.2. The van der Waals surface area contributed by atoms with Gasteiger partial charge in [0, 0.05) is 53.1 Å². The molecule has 1 atom stereocenters. The molecule has 12 heteroatoms. The number of hydrogen-bond donors (Lipinski definition) is 4. The van der Waals surface area contributed by atoms with Crippen LogP contribution < -0.4 is 21.3 Å². The molecule has 0 spiro atoms. The molecule has 0 saturated heterocycles. The molecule has 292 valence electrons. The molecule has 10 nitrogen and oxygen atoms in total. The third kappa shape index (κ3) is 8.99. The topological polar surface area (TPSA) is 167 Å². The minimum atomic E-state index is -4.58. The van der Waals surface area contributed by atoms with E-state index in [0.717, 1.165) is 85.9 Å². The summed E-state index contributed by atoms with van der Waals surface area (Å²) in [7, 11) is -8.76. The second-order valence-corrected chi connectivity index (χ2v) is 17.3. The molecule has 0 radical (unpaired) electrons. The van der Waals surface area contributed by atoms with Crippen LogP contribution in [0.3, 0.4) is 0 Å². The van der Waals surface area contributed by atoms with Crippen LogP contribution in [-0.2, 0) is 20.2 Å². The number of nitrogen functional groups attached to an aromatic ring is 2. The van der Waals surface area contributed by atoms with Crippen LogP contribution in [0, 0.1) is 41.5 Å². The summed E-state index contributed by atoms with van der Waals surface area (Å²) in [5.74, 6) is -0.997. The molecule has 0 aliphatic rings. The van der Waals surface area contributed by atoms with Crippen molar-refractivity contribution in [2.24, 2.45) is 0 Å². The Labute approximate surface area is 326 Å². The van der Waals surface area contributed by atoms with Gasteiger partial charge in [0.15, 0.2) is 0 Å². The molecule has 0 aliphatic carbocycles. The first-order valence-corrected chi connectivity index (χ1v) is 21.4. The van der Waals surface area contributed by atoms with Crippen LogP contribution in [0.25, 0.3) is 0 Å². The molecule has 0 aliphatic heterocycles.